The van der Waals surface area contributed by atoms with E-state index in [-0.39, 0.29) is 0 Å². The number of alkyl halides is 5. The van der Waals surface area contributed by atoms with Crippen molar-refractivity contribution in [2.24, 2.45) is 0 Å². The first-order chi connectivity index (χ1) is 6.68. The molecule has 2 N–H and O–H groups in total. The smallest absolute Gasteiger partial charge is 0.458 e. The van der Waals surface area contributed by atoms with E-state index in [1.807, 2.05) is 0 Å². The maximum absolute atomic E-state index is 12.7. The molecule has 0 aromatic carbocycles. The number of nitrogens with one attached hydrogen (secondary N) is 1. The highest BCUT2D eigenvalue weighted by atomic mass is 19.4. The number of aromatic nitrogens is 1. The number of hydrogen-bond acceptors (Lipinski definition) is 1. The van der Waals surface area contributed by atoms with Gasteiger partial charge in [-0.3, -0.25) is 0 Å². The monoisotopic (exact) mass is 229 g/mol. The van der Waals surface area contributed by atoms with Crippen molar-refractivity contribution in [3.63, 3.8) is 0 Å². The largest absolute Gasteiger partial charge is 0.477 e. The summed E-state index contributed by atoms with van der Waals surface area (Å²) in [5.41, 5.74) is -2.76. The van der Waals surface area contributed by atoms with Crippen LogP contribution in [0.2, 0.25) is 0 Å². The fourth-order valence-corrected chi connectivity index (χ4v) is 0.961. The molecule has 0 aliphatic heterocycles. The Kier molecular flexibility index (Phi) is 2.46. The first-order valence-corrected chi connectivity index (χ1v) is 3.53. The average Bonchev–Trinajstić information content (AvgIpc) is 2.48. The van der Waals surface area contributed by atoms with E-state index < -0.39 is 29.3 Å². The number of halogens is 5. The third-order valence-corrected chi connectivity index (χ3v) is 1.66. The highest BCUT2D eigenvalue weighted by Crippen LogP contribution is 2.44. The van der Waals surface area contributed by atoms with Crippen LogP contribution >= 0.6 is 0 Å². The van der Waals surface area contributed by atoms with Gasteiger partial charge in [-0.25, -0.2) is 4.79 Å². The Morgan fingerprint density at radius 2 is 1.80 bits per heavy atom. The van der Waals surface area contributed by atoms with Crippen molar-refractivity contribution in [3.8, 4) is 0 Å². The third-order valence-electron chi connectivity index (χ3n) is 1.66. The van der Waals surface area contributed by atoms with Crippen LogP contribution in [0.25, 0.3) is 0 Å². The summed E-state index contributed by atoms with van der Waals surface area (Å²) in [6.45, 7) is 0. The van der Waals surface area contributed by atoms with Crippen molar-refractivity contribution >= 4 is 5.97 Å². The number of hydrogen-bond donors (Lipinski definition) is 2. The van der Waals surface area contributed by atoms with Crippen LogP contribution in [0, 0.1) is 0 Å². The van der Waals surface area contributed by atoms with Crippen LogP contribution in [0.4, 0.5) is 22.0 Å². The van der Waals surface area contributed by atoms with E-state index in [1.54, 1.807) is 4.98 Å². The molecule has 0 radical (unpaired) electrons. The van der Waals surface area contributed by atoms with Gasteiger partial charge in [-0.05, 0) is 6.07 Å². The standard InChI is InChI=1S/C7H4F5NO2/c8-6(9,7(10,11)12)3-1-2-13-4(3)5(14)15/h1-2,13H,(H,14,15). The van der Waals surface area contributed by atoms with Gasteiger partial charge in [0.1, 0.15) is 5.69 Å². The van der Waals surface area contributed by atoms with Crippen molar-refractivity contribution in [2.75, 3.05) is 0 Å². The Morgan fingerprint density at radius 1 is 1.27 bits per heavy atom. The average molecular weight is 229 g/mol. The Morgan fingerprint density at radius 3 is 2.20 bits per heavy atom. The molecule has 0 saturated heterocycles. The predicted molar refractivity (Wildman–Crippen MR) is 37.7 cm³/mol. The summed E-state index contributed by atoms with van der Waals surface area (Å²) in [5, 5.41) is 8.35. The SMILES string of the molecule is O=C(O)c1[nH]ccc1C(F)(F)C(F)(F)F. The highest BCUT2D eigenvalue weighted by molar-refractivity contribution is 5.87. The second kappa shape index (κ2) is 3.21. The third kappa shape index (κ3) is 1.79. The van der Waals surface area contributed by atoms with E-state index in [0.29, 0.717) is 12.3 Å². The molecule has 8 heteroatoms. The molecule has 0 spiro atoms. The Hall–Kier alpha value is -1.60. The molecular weight excluding hydrogens is 225 g/mol. The molecule has 84 valence electrons. The van der Waals surface area contributed by atoms with Crippen LogP contribution in [0.3, 0.4) is 0 Å². The van der Waals surface area contributed by atoms with Gasteiger partial charge in [0, 0.05) is 6.20 Å². The van der Waals surface area contributed by atoms with E-state index in [4.69, 9.17) is 5.11 Å². The van der Waals surface area contributed by atoms with Crippen molar-refractivity contribution < 1.29 is 31.9 Å². The second-order valence-corrected chi connectivity index (χ2v) is 2.64. The van der Waals surface area contributed by atoms with Crippen molar-refractivity contribution in [1.29, 1.82) is 0 Å². The lowest BCUT2D eigenvalue weighted by atomic mass is 10.1. The molecule has 0 unspecified atom stereocenters. The number of H-pyrrole nitrogens is 1. The van der Waals surface area contributed by atoms with Crippen LogP contribution in [0.1, 0.15) is 16.1 Å². The lowest BCUT2D eigenvalue weighted by Gasteiger charge is -2.19. The fourth-order valence-electron chi connectivity index (χ4n) is 0.961. The molecule has 3 nitrogen and oxygen atoms in total. The number of aromatic carboxylic acids is 1. The van der Waals surface area contributed by atoms with Crippen LogP contribution in [0.5, 0.6) is 0 Å². The van der Waals surface area contributed by atoms with Gasteiger partial charge in [-0.1, -0.05) is 0 Å². The van der Waals surface area contributed by atoms with E-state index in [9.17, 15) is 26.7 Å². The predicted octanol–water partition coefficient (Wildman–Crippen LogP) is 2.37. The fraction of sp³-hybridized carbons (Fsp3) is 0.286. The molecule has 1 aromatic rings. The molecule has 1 rings (SSSR count). The first kappa shape index (κ1) is 11.5. The van der Waals surface area contributed by atoms with Crippen LogP contribution in [-0.2, 0) is 5.92 Å². The lowest BCUT2D eigenvalue weighted by molar-refractivity contribution is -0.289. The zero-order chi connectivity index (χ0) is 11.9. The molecule has 0 saturated carbocycles. The Labute approximate surface area is 79.5 Å². The van der Waals surface area contributed by atoms with E-state index in [2.05, 4.69) is 0 Å². The molecule has 0 atom stereocenters. The number of carboxylic acid groups (broad SMARTS) is 1. The Balaban J connectivity index is 3.27. The van der Waals surface area contributed by atoms with Gasteiger partial charge in [-0.15, -0.1) is 0 Å². The zero-order valence-electron chi connectivity index (χ0n) is 6.90. The van der Waals surface area contributed by atoms with Gasteiger partial charge in [0.05, 0.1) is 5.56 Å². The second-order valence-electron chi connectivity index (χ2n) is 2.64. The first-order valence-electron chi connectivity index (χ1n) is 3.53. The van der Waals surface area contributed by atoms with Crippen molar-refractivity contribution in [1.82, 2.24) is 4.98 Å². The van der Waals surface area contributed by atoms with Crippen molar-refractivity contribution in [3.05, 3.63) is 23.5 Å². The molecule has 0 aliphatic carbocycles. The zero-order valence-corrected chi connectivity index (χ0v) is 6.90. The number of carbonyl (C=O) groups is 1. The molecule has 1 heterocycles. The summed E-state index contributed by atoms with van der Waals surface area (Å²) in [4.78, 5) is 12.1. The number of aromatic amines is 1. The van der Waals surface area contributed by atoms with E-state index in [1.165, 1.54) is 0 Å². The molecule has 15 heavy (non-hydrogen) atoms. The van der Waals surface area contributed by atoms with E-state index in [0.717, 1.165) is 0 Å². The minimum Gasteiger partial charge on any atom is -0.477 e. The number of rotatable bonds is 2. The molecule has 0 aliphatic rings. The quantitative estimate of drug-likeness (QED) is 0.765. The maximum Gasteiger partial charge on any atom is 0.458 e. The molecular formula is C7H4F5NO2. The van der Waals surface area contributed by atoms with E-state index >= 15 is 0 Å². The minimum absolute atomic E-state index is 0.386. The molecule has 0 fully saturated rings. The summed E-state index contributed by atoms with van der Waals surface area (Å²) in [7, 11) is 0. The summed E-state index contributed by atoms with van der Waals surface area (Å²) in [6, 6.07) is 0.386. The van der Waals surface area contributed by atoms with Gasteiger partial charge in [0.15, 0.2) is 0 Å². The summed E-state index contributed by atoms with van der Waals surface area (Å²) in [6.07, 6.45) is -5.11. The molecule has 0 bridgehead atoms. The summed E-state index contributed by atoms with van der Waals surface area (Å²) in [5.74, 6) is -7.06. The Bertz CT molecular complexity index is 381. The lowest BCUT2D eigenvalue weighted by Crippen LogP contribution is -2.34. The van der Waals surface area contributed by atoms with Crippen molar-refractivity contribution in [2.45, 2.75) is 12.1 Å². The maximum atomic E-state index is 12.7. The molecule has 0 amide bonds. The number of carboxylic acids is 1. The summed E-state index contributed by atoms with van der Waals surface area (Å²) < 4.78 is 61.1. The van der Waals surface area contributed by atoms with Crippen LogP contribution in [-0.4, -0.2) is 22.2 Å². The minimum atomic E-state index is -5.82. The van der Waals surface area contributed by atoms with Gasteiger partial charge in [0.2, 0.25) is 0 Å². The summed E-state index contributed by atoms with van der Waals surface area (Å²) >= 11 is 0. The van der Waals surface area contributed by atoms with Crippen LogP contribution in [0.15, 0.2) is 12.3 Å². The highest BCUT2D eigenvalue weighted by Gasteiger charge is 2.60. The van der Waals surface area contributed by atoms with Gasteiger partial charge in [0.25, 0.3) is 0 Å². The normalized spacial score (nSPS) is 12.9. The van der Waals surface area contributed by atoms with Crippen LogP contribution < -0.4 is 0 Å². The van der Waals surface area contributed by atoms with Gasteiger partial charge in [-0.2, -0.15) is 22.0 Å². The van der Waals surface area contributed by atoms with Gasteiger partial charge >= 0.3 is 18.1 Å². The topological polar surface area (TPSA) is 53.1 Å². The van der Waals surface area contributed by atoms with Gasteiger partial charge < -0.3 is 10.1 Å². The molecule has 1 aromatic heterocycles.